The summed E-state index contributed by atoms with van der Waals surface area (Å²) in [5.41, 5.74) is -2.15. The van der Waals surface area contributed by atoms with Crippen molar-refractivity contribution in [1.82, 2.24) is 0 Å². The van der Waals surface area contributed by atoms with Crippen LogP contribution in [0.5, 0.6) is 23.0 Å². The van der Waals surface area contributed by atoms with E-state index >= 15 is 0 Å². The number of benzene rings is 8. The Kier molecular flexibility index (Phi) is 27.6. The van der Waals surface area contributed by atoms with Crippen LogP contribution in [0.3, 0.4) is 0 Å². The lowest BCUT2D eigenvalue weighted by atomic mass is 9.92. The molecule has 4 atom stereocenters. The first-order chi connectivity index (χ1) is 52.6. The van der Waals surface area contributed by atoms with Gasteiger partial charge in [-0.1, -0.05) is 94.9 Å². The van der Waals surface area contributed by atoms with Gasteiger partial charge in [0.25, 0.3) is 0 Å². The summed E-state index contributed by atoms with van der Waals surface area (Å²) in [5, 5.41) is 4.30. The van der Waals surface area contributed by atoms with E-state index in [1.54, 1.807) is 125 Å². The van der Waals surface area contributed by atoms with Gasteiger partial charge in [-0.05, 0) is 125 Å². The molecule has 0 spiro atoms. The molecule has 0 saturated carbocycles. The second-order valence-electron chi connectivity index (χ2n) is 26.1. The van der Waals surface area contributed by atoms with Crippen molar-refractivity contribution in [3.8, 4) is 23.0 Å². The number of halogens is 4. The number of ketones is 4. The van der Waals surface area contributed by atoms with Crippen LogP contribution in [0, 0.1) is 5.41 Å². The standard InChI is InChI=1S/C81H72Cl4O20S4/c1-45(98-33-49(86)37-102-61-25-21-57(82)69-73(90)53-13-5-9-17-65(53)106-77(61)69)29-94-41-81(42-95-30-46(2)99-34-50(87)38-103-62-26-22-58(83)70-74(91)54-14-6-10-18-66(54)107-78(62)70,43-96-31-47(3)100-35-51(88)39-104-63-27-23-59(84)71-75(92)55-15-7-11-19-67(55)108-79(63)71)44-97-32-48(4)101-36-52(89)40-105-64-28-24-60(85)72-76(93)56-16-8-12-20-68(56)109-80(64)72/h5-28,45-48H,29-44H2,1-4H3. The predicted octanol–water partition coefficient (Wildman–Crippen LogP) is 15.8. The Morgan fingerprint density at radius 1 is 0.312 bits per heavy atom. The molecule has 4 unspecified atom stereocenters. The van der Waals surface area contributed by atoms with Crippen molar-refractivity contribution in [2.45, 2.75) is 52.1 Å². The molecule has 12 aromatic rings. The molecule has 28 heteroatoms. The molecule has 12 rings (SSSR count). The molecule has 0 aliphatic heterocycles. The van der Waals surface area contributed by atoms with Crippen molar-refractivity contribution in [3.05, 3.63) is 207 Å². The van der Waals surface area contributed by atoms with Gasteiger partial charge in [0, 0.05) is 40.3 Å². The van der Waals surface area contributed by atoms with E-state index in [0.717, 1.165) is 18.8 Å². The van der Waals surface area contributed by atoms with Crippen LogP contribution in [0.1, 0.15) is 27.7 Å². The SMILES string of the molecule is CC(COCC(COCC(C)OCC(=O)COc1ccc(Cl)c2c(=O)c3ccccc3sc12)(COCC(C)OCC(=O)COc1ccc(Cl)c2c(=O)c3ccccc3sc12)COCC(C)OCC(=O)COc1ccc(Cl)c2c(=O)c3ccccc3sc12)OCC(=O)COc1ccc(Cl)c2c(=O)c3ccccc3sc12. The average Bonchev–Trinajstić information content (AvgIpc) is 0.780. The van der Waals surface area contributed by atoms with Gasteiger partial charge in [0.05, 0.1) is 143 Å². The minimum Gasteiger partial charge on any atom is -0.484 e. The maximum atomic E-state index is 13.5. The highest BCUT2D eigenvalue weighted by molar-refractivity contribution is 7.26. The molecular weight excluding hydrogens is 1560 g/mol. The van der Waals surface area contributed by atoms with E-state index in [9.17, 15) is 38.4 Å². The van der Waals surface area contributed by atoms with Gasteiger partial charge in [-0.15, -0.1) is 45.3 Å². The molecule has 4 aromatic heterocycles. The van der Waals surface area contributed by atoms with Crippen molar-refractivity contribution < 1.29 is 76.0 Å². The van der Waals surface area contributed by atoms with Crippen molar-refractivity contribution in [2.24, 2.45) is 5.41 Å². The summed E-state index contributed by atoms with van der Waals surface area (Å²) in [6, 6.07) is 41.4. The third-order valence-electron chi connectivity index (χ3n) is 17.3. The molecular formula is C81H72Cl4O20S4. The van der Waals surface area contributed by atoms with Crippen LogP contribution in [0.15, 0.2) is 165 Å². The minimum absolute atomic E-state index is 0.0425. The summed E-state index contributed by atoms with van der Waals surface area (Å²) >= 11 is 31.4. The zero-order valence-corrected chi connectivity index (χ0v) is 65.6. The summed E-state index contributed by atoms with van der Waals surface area (Å²) in [7, 11) is 0. The number of rotatable bonds is 40. The van der Waals surface area contributed by atoms with Gasteiger partial charge in [0.1, 0.15) is 75.9 Å². The maximum absolute atomic E-state index is 13.5. The fourth-order valence-electron chi connectivity index (χ4n) is 11.8. The molecule has 109 heavy (non-hydrogen) atoms. The molecule has 4 heterocycles. The topological polar surface area (TPSA) is 247 Å². The van der Waals surface area contributed by atoms with E-state index in [1.165, 1.54) is 45.3 Å². The lowest BCUT2D eigenvalue weighted by Gasteiger charge is -2.34. The lowest BCUT2D eigenvalue weighted by Crippen LogP contribution is -2.44. The summed E-state index contributed by atoms with van der Waals surface area (Å²) in [6.45, 7) is 3.43. The van der Waals surface area contributed by atoms with Gasteiger partial charge in [-0.3, -0.25) is 38.4 Å². The zero-order chi connectivity index (χ0) is 76.9. The molecule has 0 fully saturated rings. The van der Waals surface area contributed by atoms with Gasteiger partial charge in [0.2, 0.25) is 0 Å². The second-order valence-corrected chi connectivity index (χ2v) is 31.9. The number of hydrogen-bond acceptors (Lipinski definition) is 24. The van der Waals surface area contributed by atoms with Crippen molar-refractivity contribution in [1.29, 1.82) is 0 Å². The highest BCUT2D eigenvalue weighted by Crippen LogP contribution is 2.40. The quantitative estimate of drug-likeness (QED) is 0.0324. The van der Waals surface area contributed by atoms with E-state index < -0.39 is 53.0 Å². The van der Waals surface area contributed by atoms with E-state index in [4.69, 9.17) is 103 Å². The highest BCUT2D eigenvalue weighted by atomic mass is 35.5. The number of ether oxygens (including phenoxy) is 12. The Balaban J connectivity index is 0.704. The largest absolute Gasteiger partial charge is 0.484 e. The number of carbonyl (C=O) groups is 4. The van der Waals surface area contributed by atoms with Crippen LogP contribution in [0.25, 0.3) is 80.7 Å². The average molecular weight is 1640 g/mol. The molecule has 0 saturated heterocycles. The first kappa shape index (κ1) is 80.6. The Hall–Kier alpha value is -7.96. The molecule has 20 nitrogen and oxygen atoms in total. The first-order valence-corrected chi connectivity index (χ1v) is 39.3. The minimum atomic E-state index is -1.16. The molecule has 0 amide bonds. The fraction of sp³-hybridized carbons (Fsp3) is 0.309. The maximum Gasteiger partial charge on any atom is 0.197 e. The smallest absolute Gasteiger partial charge is 0.197 e. The van der Waals surface area contributed by atoms with E-state index in [-0.39, 0.29) is 148 Å². The monoisotopic (exact) mass is 1630 g/mol. The number of Topliss-reactive ketones (excluding diaryl/α,β-unsaturated/α-hetero) is 4. The second kappa shape index (κ2) is 37.4. The van der Waals surface area contributed by atoms with Crippen LogP contribution in [0.4, 0.5) is 0 Å². The number of carbonyl (C=O) groups excluding carboxylic acids is 4. The predicted molar refractivity (Wildman–Crippen MR) is 432 cm³/mol. The summed E-state index contributed by atoms with van der Waals surface area (Å²) in [5.74, 6) is -0.328. The van der Waals surface area contributed by atoms with Crippen molar-refractivity contribution >= 4 is 196 Å². The lowest BCUT2D eigenvalue weighted by molar-refractivity contribution is -0.145. The Bertz CT molecular complexity index is 4960. The summed E-state index contributed by atoms with van der Waals surface area (Å²) in [4.78, 5) is 108. The zero-order valence-electron chi connectivity index (χ0n) is 59.3. The van der Waals surface area contributed by atoms with Crippen LogP contribution in [-0.2, 0) is 57.1 Å². The van der Waals surface area contributed by atoms with Crippen LogP contribution in [-0.4, -0.2) is 153 Å². The summed E-state index contributed by atoms with van der Waals surface area (Å²) < 4.78 is 78.6. The van der Waals surface area contributed by atoms with E-state index in [1.807, 2.05) is 48.5 Å². The Morgan fingerprint density at radius 3 is 0.743 bits per heavy atom. The van der Waals surface area contributed by atoms with Gasteiger partial charge in [0.15, 0.2) is 44.8 Å². The molecule has 0 N–H and O–H groups in total. The first-order valence-electron chi connectivity index (χ1n) is 34.5. The van der Waals surface area contributed by atoms with Gasteiger partial charge < -0.3 is 56.8 Å². The summed E-state index contributed by atoms with van der Waals surface area (Å²) in [6.07, 6.45) is -2.64. The molecule has 0 aliphatic carbocycles. The third-order valence-corrected chi connectivity index (χ3v) is 23.3. The molecule has 568 valence electrons. The fourth-order valence-corrected chi connectivity index (χ4v) is 17.6. The molecule has 0 aliphatic rings. The van der Waals surface area contributed by atoms with E-state index in [0.29, 0.717) is 84.9 Å². The van der Waals surface area contributed by atoms with E-state index in [2.05, 4.69) is 0 Å². The number of hydrogen-bond donors (Lipinski definition) is 0. The van der Waals surface area contributed by atoms with Crippen LogP contribution in [0.2, 0.25) is 20.1 Å². The highest BCUT2D eigenvalue weighted by Gasteiger charge is 2.34. The molecule has 0 radical (unpaired) electrons. The van der Waals surface area contributed by atoms with Crippen LogP contribution >= 0.6 is 91.8 Å². The Labute approximate surface area is 659 Å². The normalized spacial score (nSPS) is 13.5. The molecule has 8 aromatic carbocycles. The van der Waals surface area contributed by atoms with Gasteiger partial charge in [-0.2, -0.15) is 0 Å². The van der Waals surface area contributed by atoms with Gasteiger partial charge >= 0.3 is 0 Å². The van der Waals surface area contributed by atoms with Crippen LogP contribution < -0.4 is 40.7 Å². The number of fused-ring (bicyclic) bond motifs is 8. The van der Waals surface area contributed by atoms with Crippen molar-refractivity contribution in [2.75, 3.05) is 106 Å². The van der Waals surface area contributed by atoms with Gasteiger partial charge in [-0.25, -0.2) is 0 Å². The van der Waals surface area contributed by atoms with Crippen molar-refractivity contribution in [3.63, 3.8) is 0 Å². The third kappa shape index (κ3) is 19.9. The Morgan fingerprint density at radius 2 is 0.523 bits per heavy atom. The molecule has 0 bridgehead atoms.